The number of nitrogens with zero attached hydrogens (tertiary/aromatic N) is 1. The first-order valence-corrected chi connectivity index (χ1v) is 6.26. The van der Waals surface area contributed by atoms with Crippen LogP contribution in [0.2, 0.25) is 0 Å². The molecule has 1 aromatic carbocycles. The normalized spacial score (nSPS) is 16.3. The van der Waals surface area contributed by atoms with Crippen LogP contribution in [0.15, 0.2) is 22.7 Å². The predicted octanol–water partition coefficient (Wildman–Crippen LogP) is 1.59. The van der Waals surface area contributed by atoms with Gasteiger partial charge in [-0.25, -0.2) is 0 Å². The average molecular weight is 297 g/mol. The first kappa shape index (κ1) is 12.1. The first-order valence-electron chi connectivity index (χ1n) is 5.47. The molecule has 4 nitrogen and oxygen atoms in total. The number of anilines is 1. The standard InChI is InChI=1S/C12H13BrN2O2/c13-10-2-1-9(8-16)11(7-10)15-5-3-12(17)14-4-6-15/h1-2,7-8H,3-6H2,(H,14,17). The van der Waals surface area contributed by atoms with Crippen molar-refractivity contribution < 1.29 is 9.59 Å². The first-order chi connectivity index (χ1) is 8.20. The third-order valence-electron chi connectivity index (χ3n) is 2.77. The highest BCUT2D eigenvalue weighted by molar-refractivity contribution is 9.10. The molecule has 0 bridgehead atoms. The highest BCUT2D eigenvalue weighted by Gasteiger charge is 2.16. The van der Waals surface area contributed by atoms with E-state index in [1.165, 1.54) is 0 Å². The zero-order chi connectivity index (χ0) is 12.3. The predicted molar refractivity (Wildman–Crippen MR) is 69.4 cm³/mol. The van der Waals surface area contributed by atoms with Crippen molar-refractivity contribution in [1.29, 1.82) is 0 Å². The van der Waals surface area contributed by atoms with Crippen molar-refractivity contribution in [2.75, 3.05) is 24.5 Å². The summed E-state index contributed by atoms with van der Waals surface area (Å²) >= 11 is 3.40. The highest BCUT2D eigenvalue weighted by Crippen LogP contribution is 2.24. The summed E-state index contributed by atoms with van der Waals surface area (Å²) in [5, 5.41) is 2.82. The molecule has 90 valence electrons. The van der Waals surface area contributed by atoms with Crippen LogP contribution in [-0.4, -0.2) is 31.8 Å². The Balaban J connectivity index is 2.28. The largest absolute Gasteiger partial charge is 0.369 e. The van der Waals surface area contributed by atoms with Crippen LogP contribution in [0.1, 0.15) is 16.8 Å². The number of carbonyl (C=O) groups is 2. The Kier molecular flexibility index (Phi) is 3.78. The molecule has 1 aliphatic rings. The molecule has 1 saturated heterocycles. The Hall–Kier alpha value is -1.36. The summed E-state index contributed by atoms with van der Waals surface area (Å²) in [7, 11) is 0. The van der Waals surface area contributed by atoms with Gasteiger partial charge in [-0.2, -0.15) is 0 Å². The van der Waals surface area contributed by atoms with E-state index < -0.39 is 0 Å². The van der Waals surface area contributed by atoms with E-state index >= 15 is 0 Å². The minimum absolute atomic E-state index is 0.0650. The molecule has 1 amide bonds. The molecule has 0 aromatic heterocycles. The Labute approximate surface area is 108 Å². The summed E-state index contributed by atoms with van der Waals surface area (Å²) in [5.74, 6) is 0.0650. The van der Waals surface area contributed by atoms with Gasteiger partial charge in [-0.1, -0.05) is 15.9 Å². The Morgan fingerprint density at radius 2 is 2.18 bits per heavy atom. The fourth-order valence-corrected chi connectivity index (χ4v) is 2.25. The number of hydrogen-bond donors (Lipinski definition) is 1. The second-order valence-corrected chi connectivity index (χ2v) is 4.82. The molecule has 1 heterocycles. The van der Waals surface area contributed by atoms with Crippen LogP contribution in [0.5, 0.6) is 0 Å². The lowest BCUT2D eigenvalue weighted by Gasteiger charge is -2.23. The zero-order valence-corrected chi connectivity index (χ0v) is 10.9. The van der Waals surface area contributed by atoms with E-state index in [0.29, 0.717) is 25.1 Å². The number of halogens is 1. The van der Waals surface area contributed by atoms with Crippen molar-refractivity contribution in [3.05, 3.63) is 28.2 Å². The van der Waals surface area contributed by atoms with Gasteiger partial charge in [0, 0.05) is 41.8 Å². The lowest BCUT2D eigenvalue weighted by molar-refractivity contribution is -0.120. The Morgan fingerprint density at radius 1 is 1.35 bits per heavy atom. The van der Waals surface area contributed by atoms with Gasteiger partial charge in [0.1, 0.15) is 0 Å². The third-order valence-corrected chi connectivity index (χ3v) is 3.27. The van der Waals surface area contributed by atoms with Crippen molar-refractivity contribution in [2.45, 2.75) is 6.42 Å². The summed E-state index contributed by atoms with van der Waals surface area (Å²) in [4.78, 5) is 24.3. The van der Waals surface area contributed by atoms with E-state index in [9.17, 15) is 9.59 Å². The van der Waals surface area contributed by atoms with Crippen LogP contribution in [-0.2, 0) is 4.79 Å². The molecule has 0 unspecified atom stereocenters. The van der Waals surface area contributed by atoms with Gasteiger partial charge in [-0.3, -0.25) is 9.59 Å². The van der Waals surface area contributed by atoms with Crippen LogP contribution in [0.4, 0.5) is 5.69 Å². The van der Waals surface area contributed by atoms with Crippen molar-refractivity contribution in [1.82, 2.24) is 5.32 Å². The highest BCUT2D eigenvalue weighted by atomic mass is 79.9. The SMILES string of the molecule is O=Cc1ccc(Br)cc1N1CCNC(=O)CC1. The molecular weight excluding hydrogens is 284 g/mol. The number of benzene rings is 1. The molecule has 1 fully saturated rings. The van der Waals surface area contributed by atoms with Gasteiger partial charge < -0.3 is 10.2 Å². The van der Waals surface area contributed by atoms with Crippen LogP contribution in [0.25, 0.3) is 0 Å². The van der Waals surface area contributed by atoms with E-state index in [1.54, 1.807) is 6.07 Å². The number of rotatable bonds is 2. The summed E-state index contributed by atoms with van der Waals surface area (Å²) in [6, 6.07) is 5.54. The Morgan fingerprint density at radius 3 is 2.94 bits per heavy atom. The van der Waals surface area contributed by atoms with Gasteiger partial charge >= 0.3 is 0 Å². The van der Waals surface area contributed by atoms with Gasteiger partial charge in [0.05, 0.1) is 0 Å². The van der Waals surface area contributed by atoms with E-state index in [1.807, 2.05) is 12.1 Å². The maximum Gasteiger partial charge on any atom is 0.221 e. The molecule has 1 aromatic rings. The van der Waals surface area contributed by atoms with E-state index in [4.69, 9.17) is 0 Å². The minimum atomic E-state index is 0.0650. The second-order valence-electron chi connectivity index (χ2n) is 3.91. The van der Waals surface area contributed by atoms with E-state index in [0.717, 1.165) is 23.0 Å². The van der Waals surface area contributed by atoms with Crippen molar-refractivity contribution >= 4 is 33.8 Å². The lowest BCUT2D eigenvalue weighted by Crippen LogP contribution is -2.29. The maximum absolute atomic E-state index is 11.3. The molecule has 5 heteroatoms. The molecule has 2 rings (SSSR count). The number of nitrogens with one attached hydrogen (secondary N) is 1. The Bertz CT molecular complexity index is 448. The summed E-state index contributed by atoms with van der Waals surface area (Å²) in [6.07, 6.45) is 1.31. The summed E-state index contributed by atoms with van der Waals surface area (Å²) < 4.78 is 0.932. The van der Waals surface area contributed by atoms with Gasteiger partial charge in [0.15, 0.2) is 6.29 Å². The molecular formula is C12H13BrN2O2. The molecule has 0 spiro atoms. The van der Waals surface area contributed by atoms with Crippen LogP contribution in [0, 0.1) is 0 Å². The minimum Gasteiger partial charge on any atom is -0.369 e. The van der Waals surface area contributed by atoms with Crippen molar-refractivity contribution in [3.8, 4) is 0 Å². The summed E-state index contributed by atoms with van der Waals surface area (Å²) in [6.45, 7) is 1.98. The molecule has 0 aliphatic carbocycles. The zero-order valence-electron chi connectivity index (χ0n) is 9.28. The van der Waals surface area contributed by atoms with Crippen LogP contribution in [0.3, 0.4) is 0 Å². The molecule has 0 atom stereocenters. The van der Waals surface area contributed by atoms with Crippen LogP contribution < -0.4 is 10.2 Å². The summed E-state index contributed by atoms with van der Waals surface area (Å²) in [5.41, 5.74) is 1.54. The number of hydrogen-bond acceptors (Lipinski definition) is 3. The van der Waals surface area contributed by atoms with Crippen LogP contribution >= 0.6 is 15.9 Å². The van der Waals surface area contributed by atoms with E-state index in [2.05, 4.69) is 26.1 Å². The monoisotopic (exact) mass is 296 g/mol. The van der Waals surface area contributed by atoms with Gasteiger partial charge in [-0.15, -0.1) is 0 Å². The maximum atomic E-state index is 11.3. The third kappa shape index (κ3) is 2.85. The molecule has 1 aliphatic heterocycles. The van der Waals surface area contributed by atoms with Gasteiger partial charge in [-0.05, 0) is 18.2 Å². The second kappa shape index (κ2) is 5.31. The van der Waals surface area contributed by atoms with E-state index in [-0.39, 0.29) is 5.91 Å². The van der Waals surface area contributed by atoms with Crippen molar-refractivity contribution in [3.63, 3.8) is 0 Å². The quantitative estimate of drug-likeness (QED) is 0.843. The smallest absolute Gasteiger partial charge is 0.221 e. The molecule has 0 radical (unpaired) electrons. The topological polar surface area (TPSA) is 49.4 Å². The van der Waals surface area contributed by atoms with Crippen molar-refractivity contribution in [2.24, 2.45) is 0 Å². The van der Waals surface area contributed by atoms with Gasteiger partial charge in [0.2, 0.25) is 5.91 Å². The van der Waals surface area contributed by atoms with Gasteiger partial charge in [0.25, 0.3) is 0 Å². The fourth-order valence-electron chi connectivity index (χ4n) is 1.90. The molecule has 0 saturated carbocycles. The lowest BCUT2D eigenvalue weighted by atomic mass is 10.1. The number of aldehydes is 1. The fraction of sp³-hybridized carbons (Fsp3) is 0.333. The average Bonchev–Trinajstić information content (AvgIpc) is 2.54. The number of carbonyl (C=O) groups excluding carboxylic acids is 2. The molecule has 1 N–H and O–H groups in total. The molecule has 17 heavy (non-hydrogen) atoms. The number of amides is 1.